The summed E-state index contributed by atoms with van der Waals surface area (Å²) in [7, 11) is -2.72. The minimum absolute atomic E-state index is 0.536. The van der Waals surface area contributed by atoms with Crippen molar-refractivity contribution in [3.8, 4) is 0 Å². The third-order valence-corrected chi connectivity index (χ3v) is 6.82. The summed E-state index contributed by atoms with van der Waals surface area (Å²) in [4.78, 5) is 27.3. The summed E-state index contributed by atoms with van der Waals surface area (Å²) >= 11 is 0. The number of hydrogen-bond acceptors (Lipinski definition) is 8. The highest BCUT2D eigenvalue weighted by Gasteiger charge is 2.41. The van der Waals surface area contributed by atoms with Gasteiger partial charge in [0.15, 0.2) is 0 Å². The van der Waals surface area contributed by atoms with Crippen molar-refractivity contribution in [3.63, 3.8) is 0 Å². The maximum atomic E-state index is 10.6. The second-order valence-corrected chi connectivity index (χ2v) is 10.7. The summed E-state index contributed by atoms with van der Waals surface area (Å²) in [6.07, 6.45) is 20.0. The van der Waals surface area contributed by atoms with Crippen molar-refractivity contribution in [1.29, 1.82) is 0 Å². The molecule has 3 saturated carbocycles. The van der Waals surface area contributed by atoms with Gasteiger partial charge in [0.1, 0.15) is 6.61 Å². The van der Waals surface area contributed by atoms with E-state index >= 15 is 0 Å². The van der Waals surface area contributed by atoms with Crippen molar-refractivity contribution in [2.75, 3.05) is 20.8 Å². The van der Waals surface area contributed by atoms with E-state index in [0.717, 1.165) is 14.2 Å². The zero-order chi connectivity index (χ0) is 26.7. The predicted molar refractivity (Wildman–Crippen MR) is 136 cm³/mol. The topological polar surface area (TPSA) is 201 Å². The van der Waals surface area contributed by atoms with Crippen LogP contribution in [0.5, 0.6) is 0 Å². The Hall–Kier alpha value is -0.620. The number of rotatable bonds is 6. The number of nitrogens with two attached hydrogens (primary N) is 3. The normalized spacial score (nSPS) is 20.3. The largest absolute Gasteiger partial charge is 0.477 e. The SMILES string of the molecule is COC(COP(=O)(O)O)(OC)C(=O)O.NC1CCCCC1.NC1CCCCC1.NC1CCCCC1. The number of methoxy groups -OCH3 is 2. The van der Waals surface area contributed by atoms with Crippen LogP contribution in [-0.4, -0.2) is 65.6 Å². The van der Waals surface area contributed by atoms with Gasteiger partial charge in [-0.3, -0.25) is 4.52 Å². The molecule has 0 aromatic rings. The zero-order valence-corrected chi connectivity index (χ0v) is 22.5. The average Bonchev–Trinajstić information content (AvgIpc) is 2.82. The molecule has 0 heterocycles. The van der Waals surface area contributed by atoms with Crippen molar-refractivity contribution >= 4 is 13.8 Å². The van der Waals surface area contributed by atoms with E-state index in [0.29, 0.717) is 18.1 Å². The average molecular weight is 528 g/mol. The first-order valence-electron chi connectivity index (χ1n) is 12.8. The maximum Gasteiger partial charge on any atom is 0.469 e. The Morgan fingerprint density at radius 3 is 1.17 bits per heavy atom. The van der Waals surface area contributed by atoms with E-state index in [1.165, 1.54) is 96.3 Å². The number of phosphoric ester groups is 1. The van der Waals surface area contributed by atoms with E-state index < -0.39 is 26.2 Å². The highest BCUT2D eigenvalue weighted by Crippen LogP contribution is 2.37. The Kier molecular flexibility index (Phi) is 19.1. The van der Waals surface area contributed by atoms with Gasteiger partial charge in [-0.15, -0.1) is 0 Å². The molecule has 3 rings (SSSR count). The first kappa shape index (κ1) is 34.4. The van der Waals surface area contributed by atoms with Crippen LogP contribution in [0.25, 0.3) is 0 Å². The fourth-order valence-corrected chi connectivity index (χ4v) is 4.35. The summed E-state index contributed by atoms with van der Waals surface area (Å²) in [6.45, 7) is -0.917. The summed E-state index contributed by atoms with van der Waals surface area (Å²) in [6, 6.07) is 1.61. The third kappa shape index (κ3) is 18.3. The number of aliphatic carboxylic acids is 1. The molecular formula is C23H50N3O8P. The van der Waals surface area contributed by atoms with Crippen molar-refractivity contribution in [2.24, 2.45) is 17.2 Å². The summed E-state index contributed by atoms with van der Waals surface area (Å²) in [5, 5.41) is 8.64. The molecule has 3 aliphatic carbocycles. The van der Waals surface area contributed by atoms with Crippen LogP contribution in [0.1, 0.15) is 96.3 Å². The monoisotopic (exact) mass is 527 g/mol. The fourth-order valence-electron chi connectivity index (χ4n) is 4.01. The van der Waals surface area contributed by atoms with Crippen LogP contribution in [0.4, 0.5) is 0 Å². The summed E-state index contributed by atoms with van der Waals surface area (Å²) < 4.78 is 23.2. The van der Waals surface area contributed by atoms with Gasteiger partial charge in [0.05, 0.1) is 0 Å². The van der Waals surface area contributed by atoms with Gasteiger partial charge in [0.2, 0.25) is 0 Å². The van der Waals surface area contributed by atoms with Crippen molar-refractivity contribution in [3.05, 3.63) is 0 Å². The van der Waals surface area contributed by atoms with Crippen LogP contribution in [0.2, 0.25) is 0 Å². The van der Waals surface area contributed by atoms with Gasteiger partial charge < -0.3 is 41.6 Å². The van der Waals surface area contributed by atoms with E-state index in [-0.39, 0.29) is 0 Å². The molecular weight excluding hydrogens is 477 g/mol. The Labute approximate surface area is 210 Å². The highest BCUT2D eigenvalue weighted by molar-refractivity contribution is 7.46. The van der Waals surface area contributed by atoms with Gasteiger partial charge in [0, 0.05) is 32.3 Å². The molecule has 0 amide bonds. The minimum Gasteiger partial charge on any atom is -0.477 e. The molecule has 210 valence electrons. The number of carboxylic acids is 1. The Bertz CT molecular complexity index is 533. The van der Waals surface area contributed by atoms with E-state index in [4.69, 9.17) is 32.1 Å². The molecule has 0 saturated heterocycles. The second-order valence-electron chi connectivity index (χ2n) is 9.42. The third-order valence-electron chi connectivity index (χ3n) is 6.36. The van der Waals surface area contributed by atoms with Gasteiger partial charge in [-0.25, -0.2) is 9.36 Å². The van der Waals surface area contributed by atoms with Crippen LogP contribution in [0.15, 0.2) is 0 Å². The summed E-state index contributed by atoms with van der Waals surface area (Å²) in [5.74, 6) is -3.75. The van der Waals surface area contributed by atoms with Crippen LogP contribution >= 0.6 is 7.82 Å². The lowest BCUT2D eigenvalue weighted by Crippen LogP contribution is -2.46. The fraction of sp³-hybridized carbons (Fsp3) is 0.957. The Morgan fingerprint density at radius 2 is 1.03 bits per heavy atom. The number of hydrogen-bond donors (Lipinski definition) is 6. The second kappa shape index (κ2) is 19.5. The van der Waals surface area contributed by atoms with E-state index in [1.807, 2.05) is 0 Å². The Morgan fingerprint density at radius 1 is 0.743 bits per heavy atom. The molecule has 0 bridgehead atoms. The van der Waals surface area contributed by atoms with Crippen molar-refractivity contribution in [1.82, 2.24) is 0 Å². The quantitative estimate of drug-likeness (QED) is 0.219. The van der Waals surface area contributed by atoms with Crippen molar-refractivity contribution in [2.45, 2.75) is 120 Å². The molecule has 0 aromatic heterocycles. The van der Waals surface area contributed by atoms with Crippen LogP contribution in [0.3, 0.4) is 0 Å². The van der Waals surface area contributed by atoms with Crippen molar-refractivity contribution < 1.29 is 38.3 Å². The van der Waals surface area contributed by atoms with E-state index in [9.17, 15) is 9.36 Å². The Balaban J connectivity index is 0.000000465. The van der Waals surface area contributed by atoms with Gasteiger partial charge in [-0.05, 0) is 38.5 Å². The highest BCUT2D eigenvalue weighted by atomic mass is 31.2. The van der Waals surface area contributed by atoms with E-state index in [1.54, 1.807) is 0 Å². The van der Waals surface area contributed by atoms with Crippen LogP contribution < -0.4 is 17.2 Å². The predicted octanol–water partition coefficient (Wildman–Crippen LogP) is 3.00. The molecule has 0 atom stereocenters. The number of phosphoric acid groups is 1. The molecule has 35 heavy (non-hydrogen) atoms. The number of ether oxygens (including phenoxy) is 2. The first-order chi connectivity index (χ1) is 16.5. The molecule has 0 spiro atoms. The van der Waals surface area contributed by atoms with E-state index in [2.05, 4.69) is 14.0 Å². The lowest BCUT2D eigenvalue weighted by atomic mass is 9.97. The van der Waals surface area contributed by atoms with Gasteiger partial charge >= 0.3 is 13.8 Å². The lowest BCUT2D eigenvalue weighted by molar-refractivity contribution is -0.235. The molecule has 3 aliphatic rings. The van der Waals surface area contributed by atoms with Crippen LogP contribution in [-0.2, 0) is 23.4 Å². The van der Waals surface area contributed by atoms with Gasteiger partial charge in [0.25, 0.3) is 5.79 Å². The van der Waals surface area contributed by atoms with Gasteiger partial charge in [-0.2, -0.15) is 0 Å². The number of carbonyl (C=O) groups is 1. The smallest absolute Gasteiger partial charge is 0.469 e. The van der Waals surface area contributed by atoms with Crippen LogP contribution in [0, 0.1) is 0 Å². The summed E-state index contributed by atoms with van der Waals surface area (Å²) in [5.41, 5.74) is 16.9. The van der Waals surface area contributed by atoms with Gasteiger partial charge in [-0.1, -0.05) is 57.8 Å². The molecule has 0 aromatic carbocycles. The minimum atomic E-state index is -4.75. The molecule has 0 aliphatic heterocycles. The molecule has 3 fully saturated rings. The molecule has 12 heteroatoms. The molecule has 0 radical (unpaired) electrons. The zero-order valence-electron chi connectivity index (χ0n) is 21.6. The standard InChI is InChI=1S/3C6H13N.C5H11O8P/c3*7-6-4-2-1-3-5-6;1-11-5(12-2,4(6)7)3-13-14(8,9)10/h3*6H,1-5,7H2;3H2,1-2H3,(H,6,7)(H2,8,9,10). The lowest BCUT2D eigenvalue weighted by Gasteiger charge is -2.25. The molecule has 9 N–H and O–H groups in total. The maximum absolute atomic E-state index is 10.6. The first-order valence-corrected chi connectivity index (χ1v) is 14.3. The number of carboxylic acid groups (broad SMARTS) is 1. The molecule has 11 nitrogen and oxygen atoms in total. The molecule has 0 unspecified atom stereocenters.